The Kier molecular flexibility index (Phi) is 7.11. The molecule has 2 unspecified atom stereocenters. The van der Waals surface area contributed by atoms with E-state index in [1.807, 2.05) is 0 Å². The Morgan fingerprint density at radius 1 is 1.05 bits per heavy atom. The van der Waals surface area contributed by atoms with Gasteiger partial charge in [0.05, 0.1) is 6.10 Å². The lowest BCUT2D eigenvalue weighted by Crippen LogP contribution is -2.35. The highest BCUT2D eigenvalue weighted by atomic mass is 16.3. The van der Waals surface area contributed by atoms with Gasteiger partial charge in [0, 0.05) is 6.04 Å². The number of benzene rings is 1. The van der Waals surface area contributed by atoms with E-state index in [1.165, 1.54) is 12.0 Å². The first-order valence-electron chi connectivity index (χ1n) is 7.61. The van der Waals surface area contributed by atoms with E-state index in [0.717, 1.165) is 24.9 Å². The predicted molar refractivity (Wildman–Crippen MR) is 82.5 cm³/mol. The van der Waals surface area contributed by atoms with Crippen molar-refractivity contribution in [2.45, 2.75) is 65.0 Å². The third-order valence-corrected chi connectivity index (χ3v) is 3.70. The van der Waals surface area contributed by atoms with Crippen LogP contribution in [0.2, 0.25) is 0 Å². The Balaban J connectivity index is 2.65. The predicted octanol–water partition coefficient (Wildman–Crippen LogP) is 4.01. The molecule has 0 spiro atoms. The highest BCUT2D eigenvalue weighted by Gasteiger charge is 2.18. The van der Waals surface area contributed by atoms with Crippen molar-refractivity contribution in [3.05, 3.63) is 35.4 Å². The molecule has 0 aliphatic carbocycles. The van der Waals surface area contributed by atoms with E-state index in [9.17, 15) is 5.11 Å². The van der Waals surface area contributed by atoms with Crippen molar-refractivity contribution in [1.29, 1.82) is 0 Å². The molecule has 2 N–H and O–H groups in total. The molecule has 19 heavy (non-hydrogen) atoms. The Morgan fingerprint density at radius 2 is 1.63 bits per heavy atom. The molecule has 0 heterocycles. The molecule has 1 rings (SSSR count). The van der Waals surface area contributed by atoms with Gasteiger partial charge in [0.25, 0.3) is 0 Å². The van der Waals surface area contributed by atoms with E-state index in [0.29, 0.717) is 5.92 Å². The van der Waals surface area contributed by atoms with Crippen molar-refractivity contribution in [2.75, 3.05) is 6.54 Å². The zero-order valence-electron chi connectivity index (χ0n) is 12.8. The molecule has 2 heteroatoms. The van der Waals surface area contributed by atoms with Gasteiger partial charge in [-0.05, 0) is 36.4 Å². The molecule has 0 saturated carbocycles. The quantitative estimate of drug-likeness (QED) is 0.695. The lowest BCUT2D eigenvalue weighted by atomic mass is 9.96. The minimum atomic E-state index is -0.414. The summed E-state index contributed by atoms with van der Waals surface area (Å²) in [4.78, 5) is 0. The maximum absolute atomic E-state index is 10.4. The van der Waals surface area contributed by atoms with Crippen LogP contribution in [0.3, 0.4) is 0 Å². The number of aliphatic hydroxyl groups is 1. The summed E-state index contributed by atoms with van der Waals surface area (Å²) < 4.78 is 0. The summed E-state index contributed by atoms with van der Waals surface area (Å²) >= 11 is 0. The first-order valence-corrected chi connectivity index (χ1v) is 7.61. The van der Waals surface area contributed by atoms with Crippen LogP contribution in [0.15, 0.2) is 24.3 Å². The van der Waals surface area contributed by atoms with Crippen molar-refractivity contribution in [2.24, 2.45) is 0 Å². The van der Waals surface area contributed by atoms with Gasteiger partial charge < -0.3 is 10.4 Å². The second kappa shape index (κ2) is 8.34. The van der Waals surface area contributed by atoms with E-state index in [4.69, 9.17) is 0 Å². The summed E-state index contributed by atoms with van der Waals surface area (Å²) in [5.41, 5.74) is 2.34. The Hall–Kier alpha value is -0.860. The number of rotatable bonds is 8. The van der Waals surface area contributed by atoms with Crippen molar-refractivity contribution in [1.82, 2.24) is 5.32 Å². The zero-order chi connectivity index (χ0) is 14.3. The third-order valence-electron chi connectivity index (χ3n) is 3.70. The van der Waals surface area contributed by atoms with Crippen LogP contribution < -0.4 is 5.32 Å². The van der Waals surface area contributed by atoms with Gasteiger partial charge in [-0.3, -0.25) is 0 Å². The fourth-order valence-electron chi connectivity index (χ4n) is 2.25. The highest BCUT2D eigenvalue weighted by molar-refractivity contribution is 5.26. The normalized spacial score (nSPS) is 14.6. The largest absolute Gasteiger partial charge is 0.387 e. The van der Waals surface area contributed by atoms with Gasteiger partial charge in [-0.2, -0.15) is 0 Å². The lowest BCUT2D eigenvalue weighted by Gasteiger charge is -2.23. The van der Waals surface area contributed by atoms with Crippen LogP contribution in [-0.4, -0.2) is 17.7 Å². The van der Waals surface area contributed by atoms with E-state index >= 15 is 0 Å². The molecule has 2 nitrogen and oxygen atoms in total. The van der Waals surface area contributed by atoms with Gasteiger partial charge in [0.1, 0.15) is 0 Å². The van der Waals surface area contributed by atoms with Crippen LogP contribution in [-0.2, 0) is 0 Å². The lowest BCUT2D eigenvalue weighted by molar-refractivity contribution is 0.126. The number of hydrogen-bond donors (Lipinski definition) is 2. The van der Waals surface area contributed by atoms with E-state index in [1.54, 1.807) is 0 Å². The van der Waals surface area contributed by atoms with E-state index in [-0.39, 0.29) is 6.04 Å². The van der Waals surface area contributed by atoms with Crippen LogP contribution >= 0.6 is 0 Å². The standard InChI is InChI=1S/C17H29NO/c1-5-7-12-18-16(6-2)17(19)15-10-8-14(9-11-15)13(3)4/h8-11,13,16-19H,5-7,12H2,1-4H3. The van der Waals surface area contributed by atoms with Crippen molar-refractivity contribution < 1.29 is 5.11 Å². The summed E-state index contributed by atoms with van der Waals surface area (Å²) in [5, 5.41) is 13.9. The van der Waals surface area contributed by atoms with Crippen LogP contribution in [0.1, 0.15) is 70.1 Å². The molecule has 0 saturated heterocycles. The fourth-order valence-corrected chi connectivity index (χ4v) is 2.25. The monoisotopic (exact) mass is 263 g/mol. The van der Waals surface area contributed by atoms with E-state index < -0.39 is 6.10 Å². The maximum atomic E-state index is 10.4. The Labute approximate surface area is 118 Å². The van der Waals surface area contributed by atoms with Gasteiger partial charge in [-0.15, -0.1) is 0 Å². The third kappa shape index (κ3) is 4.96. The maximum Gasteiger partial charge on any atom is 0.0942 e. The molecule has 0 aromatic heterocycles. The van der Waals surface area contributed by atoms with Gasteiger partial charge in [0.2, 0.25) is 0 Å². The second-order valence-corrected chi connectivity index (χ2v) is 5.59. The summed E-state index contributed by atoms with van der Waals surface area (Å²) in [7, 11) is 0. The van der Waals surface area contributed by atoms with Crippen molar-refractivity contribution in [3.8, 4) is 0 Å². The zero-order valence-corrected chi connectivity index (χ0v) is 12.8. The highest BCUT2D eigenvalue weighted by Crippen LogP contribution is 2.22. The van der Waals surface area contributed by atoms with Gasteiger partial charge in [-0.1, -0.05) is 58.4 Å². The summed E-state index contributed by atoms with van der Waals surface area (Å²) in [6.45, 7) is 9.66. The Bertz CT molecular complexity index is 345. The average Bonchev–Trinajstić information content (AvgIpc) is 2.43. The molecule has 0 aliphatic rings. The molecule has 0 fully saturated rings. The molecule has 0 aliphatic heterocycles. The number of aliphatic hydroxyl groups excluding tert-OH is 1. The second-order valence-electron chi connectivity index (χ2n) is 5.59. The SMILES string of the molecule is CCCCNC(CC)C(O)c1ccc(C(C)C)cc1. The van der Waals surface area contributed by atoms with Crippen LogP contribution in [0.5, 0.6) is 0 Å². The van der Waals surface area contributed by atoms with Crippen molar-refractivity contribution in [3.63, 3.8) is 0 Å². The minimum absolute atomic E-state index is 0.149. The molecule has 0 bridgehead atoms. The van der Waals surface area contributed by atoms with Gasteiger partial charge in [-0.25, -0.2) is 0 Å². The van der Waals surface area contributed by atoms with Crippen molar-refractivity contribution >= 4 is 0 Å². The molecule has 108 valence electrons. The molecular formula is C17H29NO. The summed E-state index contributed by atoms with van der Waals surface area (Å²) in [6, 6.07) is 8.52. The van der Waals surface area contributed by atoms with Crippen LogP contribution in [0, 0.1) is 0 Å². The molecular weight excluding hydrogens is 234 g/mol. The Morgan fingerprint density at radius 3 is 2.11 bits per heavy atom. The molecule has 2 atom stereocenters. The molecule has 1 aromatic rings. The molecule has 0 amide bonds. The average molecular weight is 263 g/mol. The summed E-state index contributed by atoms with van der Waals surface area (Å²) in [6.07, 6.45) is 2.87. The number of unbranched alkanes of at least 4 members (excludes halogenated alkanes) is 1. The van der Waals surface area contributed by atoms with Crippen LogP contribution in [0.4, 0.5) is 0 Å². The fraction of sp³-hybridized carbons (Fsp3) is 0.647. The first-order chi connectivity index (χ1) is 9.10. The molecule has 1 aromatic carbocycles. The topological polar surface area (TPSA) is 32.3 Å². The summed E-state index contributed by atoms with van der Waals surface area (Å²) in [5.74, 6) is 0.538. The molecule has 0 radical (unpaired) electrons. The van der Waals surface area contributed by atoms with Gasteiger partial charge >= 0.3 is 0 Å². The van der Waals surface area contributed by atoms with E-state index in [2.05, 4.69) is 57.3 Å². The van der Waals surface area contributed by atoms with Crippen LogP contribution in [0.25, 0.3) is 0 Å². The van der Waals surface area contributed by atoms with Gasteiger partial charge in [0.15, 0.2) is 0 Å². The smallest absolute Gasteiger partial charge is 0.0942 e. The first kappa shape index (κ1) is 16.2. The number of nitrogens with one attached hydrogen (secondary N) is 1. The minimum Gasteiger partial charge on any atom is -0.387 e. The number of hydrogen-bond acceptors (Lipinski definition) is 2.